The minimum absolute atomic E-state index is 0. The molecular formula is C19H29ClN2O2. The summed E-state index contributed by atoms with van der Waals surface area (Å²) in [4.78, 5) is 14.6. The lowest BCUT2D eigenvalue weighted by molar-refractivity contribution is -0.137. The Kier molecular flexibility index (Phi) is 5.82. The summed E-state index contributed by atoms with van der Waals surface area (Å²) in [6.07, 6.45) is -0.433. The molecule has 1 aromatic carbocycles. The zero-order valence-electron chi connectivity index (χ0n) is 15.0. The van der Waals surface area contributed by atoms with Crippen molar-refractivity contribution in [2.75, 3.05) is 26.2 Å². The Morgan fingerprint density at radius 1 is 1.25 bits per heavy atom. The Morgan fingerprint density at radius 3 is 2.46 bits per heavy atom. The Morgan fingerprint density at radius 2 is 1.88 bits per heavy atom. The third-order valence-electron chi connectivity index (χ3n) is 5.06. The molecule has 5 heteroatoms. The molecule has 1 N–H and O–H groups in total. The van der Waals surface area contributed by atoms with E-state index in [9.17, 15) is 4.79 Å². The second kappa shape index (κ2) is 7.32. The van der Waals surface area contributed by atoms with Gasteiger partial charge in [-0.3, -0.25) is 4.79 Å². The first kappa shape index (κ1) is 19.1. The second-order valence-corrected chi connectivity index (χ2v) is 7.96. The van der Waals surface area contributed by atoms with Crippen molar-refractivity contribution in [3.8, 4) is 5.75 Å². The van der Waals surface area contributed by atoms with Gasteiger partial charge in [-0.1, -0.05) is 32.9 Å². The van der Waals surface area contributed by atoms with Gasteiger partial charge < -0.3 is 15.0 Å². The third kappa shape index (κ3) is 4.04. The van der Waals surface area contributed by atoms with Crippen molar-refractivity contribution in [1.82, 2.24) is 10.2 Å². The fourth-order valence-corrected chi connectivity index (χ4v) is 3.58. The fraction of sp³-hybridized carbons (Fsp3) is 0.632. The van der Waals surface area contributed by atoms with Crippen LogP contribution in [-0.4, -0.2) is 43.1 Å². The number of rotatable bonds is 3. The van der Waals surface area contributed by atoms with Crippen molar-refractivity contribution < 1.29 is 9.53 Å². The van der Waals surface area contributed by atoms with Crippen LogP contribution in [0.4, 0.5) is 0 Å². The number of likely N-dealkylation sites (tertiary alicyclic amines) is 1. The highest BCUT2D eigenvalue weighted by Gasteiger charge is 2.39. The lowest BCUT2D eigenvalue weighted by atomic mass is 9.87. The van der Waals surface area contributed by atoms with E-state index in [1.165, 1.54) is 5.56 Å². The molecule has 0 saturated carbocycles. The predicted molar refractivity (Wildman–Crippen MR) is 98.9 cm³/mol. The highest BCUT2D eigenvalue weighted by atomic mass is 35.5. The summed E-state index contributed by atoms with van der Waals surface area (Å²) in [6.45, 7) is 12.2. The molecule has 134 valence electrons. The van der Waals surface area contributed by atoms with Gasteiger partial charge in [0.25, 0.3) is 5.91 Å². The van der Waals surface area contributed by atoms with Crippen molar-refractivity contribution in [2.45, 2.75) is 39.2 Å². The molecule has 2 saturated heterocycles. The van der Waals surface area contributed by atoms with Gasteiger partial charge in [0.05, 0.1) is 0 Å². The summed E-state index contributed by atoms with van der Waals surface area (Å²) in [7, 11) is 0. The number of fused-ring (bicyclic) bond motifs is 1. The summed E-state index contributed by atoms with van der Waals surface area (Å²) in [5.74, 6) is 2.13. The van der Waals surface area contributed by atoms with Crippen LogP contribution in [0.15, 0.2) is 24.3 Å². The van der Waals surface area contributed by atoms with Gasteiger partial charge in [0, 0.05) is 26.2 Å². The Balaban J connectivity index is 0.00000208. The van der Waals surface area contributed by atoms with Gasteiger partial charge in [0.2, 0.25) is 0 Å². The molecule has 2 fully saturated rings. The van der Waals surface area contributed by atoms with E-state index in [1.54, 1.807) is 0 Å². The van der Waals surface area contributed by atoms with E-state index >= 15 is 0 Å². The number of carbonyl (C=O) groups is 1. The molecular weight excluding hydrogens is 324 g/mol. The van der Waals surface area contributed by atoms with E-state index < -0.39 is 6.10 Å². The molecule has 0 aliphatic carbocycles. The van der Waals surface area contributed by atoms with Crippen LogP contribution in [0.3, 0.4) is 0 Å². The van der Waals surface area contributed by atoms with Gasteiger partial charge >= 0.3 is 0 Å². The van der Waals surface area contributed by atoms with Crippen LogP contribution in [0.1, 0.15) is 33.3 Å². The van der Waals surface area contributed by atoms with E-state index in [0.717, 1.165) is 31.9 Å². The standard InChI is InChI=1S/C19H28N2O2.ClH/c1-13(18(22)21-11-14-9-20-10-15(14)12-21)23-17-7-5-6-16(8-17)19(2,3)4;/h5-8,13-15,20H,9-12H2,1-4H3;1H/t13?,14-,15+;. The molecule has 2 heterocycles. The first-order valence-corrected chi connectivity index (χ1v) is 8.61. The van der Waals surface area contributed by atoms with Crippen molar-refractivity contribution in [3.63, 3.8) is 0 Å². The largest absolute Gasteiger partial charge is 0.481 e. The topological polar surface area (TPSA) is 41.6 Å². The van der Waals surface area contributed by atoms with Gasteiger partial charge in [-0.2, -0.15) is 0 Å². The molecule has 3 atom stereocenters. The SMILES string of the molecule is CC(Oc1cccc(C(C)(C)C)c1)C(=O)N1C[C@H]2CNC[C@H]2C1.Cl. The number of hydrogen-bond donors (Lipinski definition) is 1. The average molecular weight is 353 g/mol. The molecule has 0 spiro atoms. The maximum atomic E-state index is 12.6. The second-order valence-electron chi connectivity index (χ2n) is 7.96. The highest BCUT2D eigenvalue weighted by Crippen LogP contribution is 2.28. The lowest BCUT2D eigenvalue weighted by Gasteiger charge is -2.24. The lowest BCUT2D eigenvalue weighted by Crippen LogP contribution is -2.40. The number of carbonyl (C=O) groups excluding carboxylic acids is 1. The quantitative estimate of drug-likeness (QED) is 0.909. The van der Waals surface area contributed by atoms with Crippen molar-refractivity contribution in [3.05, 3.63) is 29.8 Å². The minimum atomic E-state index is -0.433. The molecule has 4 nitrogen and oxygen atoms in total. The van der Waals surface area contributed by atoms with E-state index in [4.69, 9.17) is 4.74 Å². The van der Waals surface area contributed by atoms with Gasteiger partial charge in [-0.15, -0.1) is 12.4 Å². The Hall–Kier alpha value is -1.26. The maximum Gasteiger partial charge on any atom is 0.263 e. The number of halogens is 1. The summed E-state index contributed by atoms with van der Waals surface area (Å²) in [6, 6.07) is 8.08. The van der Waals surface area contributed by atoms with Crippen molar-refractivity contribution in [2.24, 2.45) is 11.8 Å². The summed E-state index contributed by atoms with van der Waals surface area (Å²) in [5.41, 5.74) is 1.29. The van der Waals surface area contributed by atoms with E-state index in [1.807, 2.05) is 30.0 Å². The first-order chi connectivity index (χ1) is 10.8. The number of amides is 1. The molecule has 24 heavy (non-hydrogen) atoms. The molecule has 0 bridgehead atoms. The number of hydrogen-bond acceptors (Lipinski definition) is 3. The zero-order valence-corrected chi connectivity index (χ0v) is 15.9. The van der Waals surface area contributed by atoms with Gasteiger partial charge in [0.15, 0.2) is 6.10 Å². The minimum Gasteiger partial charge on any atom is -0.481 e. The van der Waals surface area contributed by atoms with Gasteiger partial charge in [0.1, 0.15) is 5.75 Å². The molecule has 2 aliphatic heterocycles. The number of benzene rings is 1. The molecule has 1 unspecified atom stereocenters. The monoisotopic (exact) mass is 352 g/mol. The molecule has 2 aliphatic rings. The zero-order chi connectivity index (χ0) is 16.6. The summed E-state index contributed by atoms with van der Waals surface area (Å²) < 4.78 is 5.94. The third-order valence-corrected chi connectivity index (χ3v) is 5.06. The smallest absolute Gasteiger partial charge is 0.263 e. The number of nitrogens with one attached hydrogen (secondary N) is 1. The fourth-order valence-electron chi connectivity index (χ4n) is 3.58. The predicted octanol–water partition coefficient (Wildman–Crippen LogP) is 2.85. The summed E-state index contributed by atoms with van der Waals surface area (Å²) in [5, 5.41) is 3.40. The van der Waals surface area contributed by atoms with E-state index in [0.29, 0.717) is 11.8 Å². The molecule has 3 rings (SSSR count). The average Bonchev–Trinajstić information content (AvgIpc) is 3.07. The van der Waals surface area contributed by atoms with Crippen LogP contribution < -0.4 is 10.1 Å². The molecule has 0 aromatic heterocycles. The van der Waals surface area contributed by atoms with E-state index in [-0.39, 0.29) is 23.7 Å². The van der Waals surface area contributed by atoms with Crippen LogP contribution in [0.2, 0.25) is 0 Å². The van der Waals surface area contributed by atoms with Crippen LogP contribution >= 0.6 is 12.4 Å². The summed E-state index contributed by atoms with van der Waals surface area (Å²) >= 11 is 0. The maximum absolute atomic E-state index is 12.6. The van der Waals surface area contributed by atoms with Gasteiger partial charge in [-0.25, -0.2) is 0 Å². The van der Waals surface area contributed by atoms with E-state index in [2.05, 4.69) is 32.2 Å². The normalized spacial score (nSPS) is 24.2. The highest BCUT2D eigenvalue weighted by molar-refractivity contribution is 5.85. The number of nitrogens with zero attached hydrogens (tertiary/aromatic N) is 1. The van der Waals surface area contributed by atoms with Crippen molar-refractivity contribution >= 4 is 18.3 Å². The number of ether oxygens (including phenoxy) is 1. The Bertz CT molecular complexity index is 573. The molecule has 1 aromatic rings. The van der Waals surface area contributed by atoms with Crippen molar-refractivity contribution in [1.29, 1.82) is 0 Å². The first-order valence-electron chi connectivity index (χ1n) is 8.61. The Labute approximate surface area is 151 Å². The van der Waals surface area contributed by atoms with Gasteiger partial charge in [-0.05, 0) is 41.9 Å². The van der Waals surface area contributed by atoms with Crippen LogP contribution in [-0.2, 0) is 10.2 Å². The molecule has 0 radical (unpaired) electrons. The molecule has 1 amide bonds. The van der Waals surface area contributed by atoms with Crippen LogP contribution in [0, 0.1) is 11.8 Å². The van der Waals surface area contributed by atoms with Crippen LogP contribution in [0.5, 0.6) is 5.75 Å². The van der Waals surface area contributed by atoms with Crippen LogP contribution in [0.25, 0.3) is 0 Å².